The summed E-state index contributed by atoms with van der Waals surface area (Å²) in [4.78, 5) is 28.5. The molecule has 1 amide bonds. The lowest BCUT2D eigenvalue weighted by Crippen LogP contribution is -2.50. The van der Waals surface area contributed by atoms with Crippen molar-refractivity contribution < 1.29 is 9.59 Å². The number of nitrogens with one attached hydrogen (secondary N) is 1. The van der Waals surface area contributed by atoms with Gasteiger partial charge in [0.15, 0.2) is 10.1 Å². The molecule has 0 saturated carbocycles. The first-order valence-corrected chi connectivity index (χ1v) is 12.0. The third kappa shape index (κ3) is 2.74. The number of hydrogen-bond acceptors (Lipinski definition) is 9. The average Bonchev–Trinajstić information content (AvgIpc) is 3.31. The molecule has 3 N–H and O–H groups in total. The standard InChI is InChI=1S/C22H20N6O2S2/c1-11(2)31-21-27-26-20(32-21)28-15-8-5-9-16(29)17(15)22(13(10-23)18(28)24)12-6-3-4-7-14(12)25-19(22)30/h3-4,6-7,11H,5,8-9,24H2,1-2H3,(H,25,30). The van der Waals surface area contributed by atoms with Crippen molar-refractivity contribution in [3.8, 4) is 6.07 Å². The largest absolute Gasteiger partial charge is 0.384 e. The van der Waals surface area contributed by atoms with Crippen molar-refractivity contribution in [2.75, 3.05) is 10.2 Å². The maximum absolute atomic E-state index is 13.5. The number of allylic oxidation sites excluding steroid dienone is 1. The van der Waals surface area contributed by atoms with E-state index in [0.717, 1.165) is 4.34 Å². The number of thioether (sulfide) groups is 1. The van der Waals surface area contributed by atoms with Crippen molar-refractivity contribution in [1.82, 2.24) is 10.2 Å². The van der Waals surface area contributed by atoms with E-state index in [-0.39, 0.29) is 17.2 Å². The summed E-state index contributed by atoms with van der Waals surface area (Å²) in [5.41, 5.74) is 7.21. The van der Waals surface area contributed by atoms with Crippen LogP contribution in [-0.2, 0) is 15.0 Å². The van der Waals surface area contributed by atoms with Crippen molar-refractivity contribution in [3.05, 3.63) is 52.5 Å². The molecule has 1 aromatic carbocycles. The van der Waals surface area contributed by atoms with Crippen LogP contribution in [0.4, 0.5) is 10.8 Å². The Bertz CT molecular complexity index is 1270. The molecular weight excluding hydrogens is 444 g/mol. The van der Waals surface area contributed by atoms with Crippen LogP contribution in [0.3, 0.4) is 0 Å². The van der Waals surface area contributed by atoms with Crippen molar-refractivity contribution in [3.63, 3.8) is 0 Å². The zero-order valence-corrected chi connectivity index (χ0v) is 19.1. The van der Waals surface area contributed by atoms with Crippen LogP contribution < -0.4 is 16.0 Å². The Kier molecular flexibility index (Phi) is 4.83. The molecule has 2 aliphatic heterocycles. The third-order valence-corrected chi connectivity index (χ3v) is 7.85. The first-order chi connectivity index (χ1) is 15.4. The van der Waals surface area contributed by atoms with E-state index in [4.69, 9.17) is 5.73 Å². The number of fused-ring (bicyclic) bond motifs is 3. The minimum absolute atomic E-state index is 0.0437. The second-order valence-corrected chi connectivity index (χ2v) is 10.9. The lowest BCUT2D eigenvalue weighted by Gasteiger charge is -2.42. The SMILES string of the molecule is CC(C)Sc1nnc(N2C(N)=C(C#N)C3(C(=O)Nc4ccccc43)C3=C2CCCC3=O)s1. The van der Waals surface area contributed by atoms with Gasteiger partial charge in [-0.2, -0.15) is 5.26 Å². The minimum atomic E-state index is -1.54. The van der Waals surface area contributed by atoms with Gasteiger partial charge in [-0.15, -0.1) is 10.2 Å². The molecule has 2 aromatic rings. The topological polar surface area (TPSA) is 125 Å². The summed E-state index contributed by atoms with van der Waals surface area (Å²) < 4.78 is 0.773. The van der Waals surface area contributed by atoms with Crippen LogP contribution in [0.5, 0.6) is 0 Å². The fourth-order valence-electron chi connectivity index (χ4n) is 4.71. The van der Waals surface area contributed by atoms with Crippen molar-refractivity contribution in [2.45, 2.75) is 48.1 Å². The van der Waals surface area contributed by atoms with E-state index >= 15 is 0 Å². The molecule has 1 atom stereocenters. The predicted molar refractivity (Wildman–Crippen MR) is 123 cm³/mol. The van der Waals surface area contributed by atoms with E-state index in [1.165, 1.54) is 11.3 Å². The first kappa shape index (κ1) is 20.7. The molecule has 32 heavy (non-hydrogen) atoms. The van der Waals surface area contributed by atoms with Crippen LogP contribution in [0, 0.1) is 11.3 Å². The number of rotatable bonds is 3. The number of amides is 1. The number of aromatic nitrogens is 2. The van der Waals surface area contributed by atoms with Crippen LogP contribution in [0.15, 0.2) is 51.3 Å². The van der Waals surface area contributed by atoms with Crippen LogP contribution >= 0.6 is 23.1 Å². The summed E-state index contributed by atoms with van der Waals surface area (Å²) in [5.74, 6) is -0.455. The Labute approximate surface area is 193 Å². The number of anilines is 2. The molecule has 1 spiro atoms. The molecule has 162 valence electrons. The lowest BCUT2D eigenvalue weighted by molar-refractivity contribution is -0.122. The average molecular weight is 465 g/mol. The molecule has 1 aromatic heterocycles. The molecular formula is C22H20N6O2S2. The van der Waals surface area contributed by atoms with Gasteiger partial charge in [0.2, 0.25) is 11.0 Å². The summed E-state index contributed by atoms with van der Waals surface area (Å²) in [6.45, 7) is 4.13. The molecule has 3 heterocycles. The summed E-state index contributed by atoms with van der Waals surface area (Å²) in [6.07, 6.45) is 1.49. The van der Waals surface area contributed by atoms with E-state index in [2.05, 4.69) is 35.4 Å². The smallest absolute Gasteiger partial charge is 0.245 e. The Morgan fingerprint density at radius 2 is 2.06 bits per heavy atom. The second-order valence-electron chi connectivity index (χ2n) is 8.07. The molecule has 0 fully saturated rings. The van der Waals surface area contributed by atoms with E-state index in [1.54, 1.807) is 40.9 Å². The van der Waals surface area contributed by atoms with Gasteiger partial charge in [0.05, 0.1) is 5.57 Å². The summed E-state index contributed by atoms with van der Waals surface area (Å²) in [6, 6.07) is 9.32. The molecule has 3 aliphatic rings. The van der Waals surface area contributed by atoms with Crippen molar-refractivity contribution >= 4 is 45.6 Å². The van der Waals surface area contributed by atoms with E-state index in [9.17, 15) is 14.9 Å². The molecule has 0 bridgehead atoms. The second kappa shape index (κ2) is 7.46. The number of nitriles is 1. The summed E-state index contributed by atoms with van der Waals surface area (Å²) in [5, 5.41) is 22.5. The molecule has 10 heteroatoms. The van der Waals surface area contributed by atoms with Crippen LogP contribution in [0.2, 0.25) is 0 Å². The molecule has 1 aliphatic carbocycles. The van der Waals surface area contributed by atoms with Crippen LogP contribution in [0.25, 0.3) is 0 Å². The molecule has 1 unspecified atom stereocenters. The van der Waals surface area contributed by atoms with Crippen LogP contribution in [-0.4, -0.2) is 27.1 Å². The number of hydrogen-bond donors (Lipinski definition) is 2. The zero-order valence-electron chi connectivity index (χ0n) is 17.5. The number of para-hydroxylation sites is 1. The van der Waals surface area contributed by atoms with Gasteiger partial charge in [0.1, 0.15) is 17.3 Å². The number of Topliss-reactive ketones (excluding diaryl/α,β-unsaturated/α-hetero) is 1. The van der Waals surface area contributed by atoms with Gasteiger partial charge in [-0.3, -0.25) is 14.5 Å². The number of nitrogens with zero attached hydrogens (tertiary/aromatic N) is 4. The fourth-order valence-corrected chi connectivity index (χ4v) is 6.81. The third-order valence-electron chi connectivity index (χ3n) is 5.86. The monoisotopic (exact) mass is 464 g/mol. The molecule has 0 radical (unpaired) electrons. The Balaban J connectivity index is 1.79. The number of ketones is 1. The maximum Gasteiger partial charge on any atom is 0.245 e. The highest BCUT2D eigenvalue weighted by Gasteiger charge is 2.60. The summed E-state index contributed by atoms with van der Waals surface area (Å²) >= 11 is 2.94. The quantitative estimate of drug-likeness (QED) is 0.662. The number of carbonyl (C=O) groups is 2. The van der Waals surface area contributed by atoms with Crippen LogP contribution in [0.1, 0.15) is 38.7 Å². The van der Waals surface area contributed by atoms with E-state index in [1.807, 2.05) is 0 Å². The van der Waals surface area contributed by atoms with Crippen molar-refractivity contribution in [2.24, 2.45) is 5.73 Å². The van der Waals surface area contributed by atoms with E-state index in [0.29, 0.717) is 52.2 Å². The fraction of sp³-hybridized carbons (Fsp3) is 0.318. The maximum atomic E-state index is 13.5. The van der Waals surface area contributed by atoms with Gasteiger partial charge in [0, 0.05) is 34.2 Å². The lowest BCUT2D eigenvalue weighted by atomic mass is 9.64. The van der Waals surface area contributed by atoms with Gasteiger partial charge >= 0.3 is 0 Å². The molecule has 0 saturated heterocycles. The normalized spacial score (nSPS) is 22.4. The summed E-state index contributed by atoms with van der Waals surface area (Å²) in [7, 11) is 0. The van der Waals surface area contributed by atoms with Gasteiger partial charge in [0.25, 0.3) is 0 Å². The highest BCUT2D eigenvalue weighted by Crippen LogP contribution is 2.55. The highest BCUT2D eigenvalue weighted by atomic mass is 32.2. The highest BCUT2D eigenvalue weighted by molar-refractivity contribution is 8.01. The van der Waals surface area contributed by atoms with Gasteiger partial charge in [-0.05, 0) is 18.9 Å². The molecule has 8 nitrogen and oxygen atoms in total. The van der Waals surface area contributed by atoms with Gasteiger partial charge < -0.3 is 11.1 Å². The Morgan fingerprint density at radius 1 is 1.28 bits per heavy atom. The van der Waals surface area contributed by atoms with Gasteiger partial charge in [-0.25, -0.2) is 0 Å². The Hall–Kier alpha value is -3.16. The zero-order chi connectivity index (χ0) is 22.6. The van der Waals surface area contributed by atoms with E-state index < -0.39 is 11.3 Å². The molecule has 5 rings (SSSR count). The Morgan fingerprint density at radius 3 is 2.81 bits per heavy atom. The number of nitrogens with two attached hydrogens (primary N) is 1. The predicted octanol–water partition coefficient (Wildman–Crippen LogP) is 3.45. The van der Waals surface area contributed by atoms with Gasteiger partial charge in [-0.1, -0.05) is 55.1 Å². The van der Waals surface area contributed by atoms with Crippen molar-refractivity contribution in [1.29, 1.82) is 5.26 Å². The first-order valence-electron chi connectivity index (χ1n) is 10.3. The minimum Gasteiger partial charge on any atom is -0.384 e. The number of benzene rings is 1. The number of carbonyl (C=O) groups excluding carboxylic acids is 2.